The maximum Gasteiger partial charge on any atom is 0.264 e. The minimum atomic E-state index is -4.22. The van der Waals surface area contributed by atoms with Gasteiger partial charge in [-0.2, -0.15) is 0 Å². The standard InChI is InChI=1S/C34H43N3O7S/c1-24-11-18-30(19-12-24)45(40,41)37(28-15-20-31(43-4)32(21-28)44-5)23-33(38)36(22-26-13-16-29(42-3)17-14-26)25(2)34(39)35-27-9-7-6-8-10-27/h11-21,25,27H,6-10,22-23H2,1-5H3,(H,35,39)/t25-/m1/s1. The Bertz CT molecular complexity index is 1550. The SMILES string of the molecule is COc1ccc(CN(C(=O)CN(c2ccc(OC)c(OC)c2)S(=O)(=O)c2ccc(C)cc2)[C@H](C)C(=O)NC2CCCCC2)cc1. The van der Waals surface area contributed by atoms with Crippen molar-refractivity contribution in [3.8, 4) is 17.2 Å². The molecule has 3 aromatic carbocycles. The molecule has 10 nitrogen and oxygen atoms in total. The van der Waals surface area contributed by atoms with Crippen LogP contribution in [0.1, 0.15) is 50.2 Å². The first-order chi connectivity index (χ1) is 21.6. The number of rotatable bonds is 13. The van der Waals surface area contributed by atoms with Gasteiger partial charge in [0.05, 0.1) is 31.9 Å². The molecule has 0 unspecified atom stereocenters. The van der Waals surface area contributed by atoms with Crippen molar-refractivity contribution in [2.45, 2.75) is 69.5 Å². The summed E-state index contributed by atoms with van der Waals surface area (Å²) >= 11 is 0. The molecule has 1 atom stereocenters. The van der Waals surface area contributed by atoms with Crippen molar-refractivity contribution in [3.05, 3.63) is 77.9 Å². The van der Waals surface area contributed by atoms with Crippen molar-refractivity contribution in [3.63, 3.8) is 0 Å². The monoisotopic (exact) mass is 637 g/mol. The zero-order chi connectivity index (χ0) is 32.6. The van der Waals surface area contributed by atoms with E-state index < -0.39 is 28.5 Å². The van der Waals surface area contributed by atoms with Crippen LogP contribution in [0.25, 0.3) is 0 Å². The topological polar surface area (TPSA) is 114 Å². The van der Waals surface area contributed by atoms with E-state index in [2.05, 4.69) is 5.32 Å². The fourth-order valence-corrected chi connectivity index (χ4v) is 6.83. The van der Waals surface area contributed by atoms with Crippen molar-refractivity contribution >= 4 is 27.5 Å². The fourth-order valence-electron chi connectivity index (χ4n) is 5.43. The van der Waals surface area contributed by atoms with Crippen LogP contribution in [0, 0.1) is 6.92 Å². The van der Waals surface area contributed by atoms with E-state index in [0.717, 1.165) is 47.5 Å². The lowest BCUT2D eigenvalue weighted by Crippen LogP contribution is -2.53. The maximum atomic E-state index is 14.3. The average molecular weight is 638 g/mol. The number of benzene rings is 3. The quantitative estimate of drug-likeness (QED) is 0.278. The van der Waals surface area contributed by atoms with E-state index in [1.807, 2.05) is 19.1 Å². The van der Waals surface area contributed by atoms with Crippen LogP contribution in [0.2, 0.25) is 0 Å². The van der Waals surface area contributed by atoms with Gasteiger partial charge < -0.3 is 24.4 Å². The van der Waals surface area contributed by atoms with Crippen LogP contribution in [0.5, 0.6) is 17.2 Å². The lowest BCUT2D eigenvalue weighted by Gasteiger charge is -2.33. The largest absolute Gasteiger partial charge is 0.497 e. The Morgan fingerprint density at radius 1 is 0.867 bits per heavy atom. The van der Waals surface area contributed by atoms with Gasteiger partial charge in [0, 0.05) is 18.7 Å². The van der Waals surface area contributed by atoms with Crippen LogP contribution >= 0.6 is 0 Å². The molecule has 1 N–H and O–H groups in total. The number of hydrogen-bond acceptors (Lipinski definition) is 7. The van der Waals surface area contributed by atoms with E-state index in [9.17, 15) is 18.0 Å². The number of methoxy groups -OCH3 is 3. The highest BCUT2D eigenvalue weighted by Crippen LogP contribution is 2.34. The molecule has 0 spiro atoms. The van der Waals surface area contributed by atoms with Gasteiger partial charge in [0.15, 0.2) is 11.5 Å². The summed E-state index contributed by atoms with van der Waals surface area (Å²) in [6.07, 6.45) is 5.03. The number of nitrogens with zero attached hydrogens (tertiary/aromatic N) is 2. The van der Waals surface area contributed by atoms with E-state index in [1.54, 1.807) is 50.4 Å². The molecule has 242 valence electrons. The Hall–Kier alpha value is -4.25. The highest BCUT2D eigenvalue weighted by Gasteiger charge is 2.33. The first-order valence-electron chi connectivity index (χ1n) is 15.1. The Balaban J connectivity index is 1.72. The first kappa shape index (κ1) is 33.6. The number of anilines is 1. The van der Waals surface area contributed by atoms with Crippen LogP contribution in [-0.2, 0) is 26.2 Å². The zero-order valence-corrected chi connectivity index (χ0v) is 27.4. The molecule has 0 heterocycles. The first-order valence-corrected chi connectivity index (χ1v) is 16.6. The Labute approximate surface area is 266 Å². The molecule has 11 heteroatoms. The molecule has 0 saturated heterocycles. The summed E-state index contributed by atoms with van der Waals surface area (Å²) in [5, 5.41) is 3.12. The van der Waals surface area contributed by atoms with Crippen LogP contribution in [0.4, 0.5) is 5.69 Å². The van der Waals surface area contributed by atoms with Gasteiger partial charge in [-0.3, -0.25) is 13.9 Å². The summed E-state index contributed by atoms with van der Waals surface area (Å²) in [5.74, 6) is 0.560. The minimum absolute atomic E-state index is 0.0282. The molecule has 1 aliphatic carbocycles. The fraction of sp³-hybridized carbons (Fsp3) is 0.412. The van der Waals surface area contributed by atoms with E-state index in [4.69, 9.17) is 14.2 Å². The van der Waals surface area contributed by atoms with Crippen molar-refractivity contribution < 1.29 is 32.2 Å². The number of amides is 2. The van der Waals surface area contributed by atoms with Gasteiger partial charge in [-0.1, -0.05) is 49.1 Å². The van der Waals surface area contributed by atoms with Crippen molar-refractivity contribution in [2.75, 3.05) is 32.2 Å². The zero-order valence-electron chi connectivity index (χ0n) is 26.6. The van der Waals surface area contributed by atoms with E-state index in [-0.39, 0.29) is 29.1 Å². The predicted molar refractivity (Wildman–Crippen MR) is 173 cm³/mol. The summed E-state index contributed by atoms with van der Waals surface area (Å²) in [6, 6.07) is 17.5. The van der Waals surface area contributed by atoms with E-state index >= 15 is 0 Å². The van der Waals surface area contributed by atoms with E-state index in [1.165, 1.54) is 37.3 Å². The minimum Gasteiger partial charge on any atom is -0.497 e. The molecule has 2 amide bonds. The molecule has 3 aromatic rings. The Morgan fingerprint density at radius 2 is 1.51 bits per heavy atom. The van der Waals surface area contributed by atoms with Gasteiger partial charge in [-0.15, -0.1) is 0 Å². The predicted octanol–water partition coefficient (Wildman–Crippen LogP) is 5.08. The molecule has 0 aromatic heterocycles. The van der Waals surface area contributed by atoms with Gasteiger partial charge in [0.2, 0.25) is 11.8 Å². The van der Waals surface area contributed by atoms with Gasteiger partial charge in [-0.05, 0) is 68.7 Å². The van der Waals surface area contributed by atoms with Crippen molar-refractivity contribution in [1.29, 1.82) is 0 Å². The summed E-state index contributed by atoms with van der Waals surface area (Å²) in [4.78, 5) is 29.2. The summed E-state index contributed by atoms with van der Waals surface area (Å²) in [7, 11) is 0.285. The number of ether oxygens (including phenoxy) is 3. The Morgan fingerprint density at radius 3 is 2.11 bits per heavy atom. The molecule has 1 saturated carbocycles. The molecular formula is C34H43N3O7S. The lowest BCUT2D eigenvalue weighted by molar-refractivity contribution is -0.139. The second kappa shape index (κ2) is 15.2. The highest BCUT2D eigenvalue weighted by molar-refractivity contribution is 7.92. The van der Waals surface area contributed by atoms with E-state index in [0.29, 0.717) is 17.2 Å². The number of hydrogen-bond donors (Lipinski definition) is 1. The molecule has 4 rings (SSSR count). The average Bonchev–Trinajstić information content (AvgIpc) is 3.06. The van der Waals surface area contributed by atoms with Gasteiger partial charge >= 0.3 is 0 Å². The number of aryl methyl sites for hydroxylation is 1. The number of sulfonamides is 1. The third-order valence-electron chi connectivity index (χ3n) is 8.17. The second-order valence-electron chi connectivity index (χ2n) is 11.3. The van der Waals surface area contributed by atoms with Crippen LogP contribution < -0.4 is 23.8 Å². The maximum absolute atomic E-state index is 14.3. The molecule has 0 bridgehead atoms. The number of carbonyl (C=O) groups excluding carboxylic acids is 2. The van der Waals surface area contributed by atoms with Crippen molar-refractivity contribution in [1.82, 2.24) is 10.2 Å². The lowest BCUT2D eigenvalue weighted by atomic mass is 9.95. The molecular weight excluding hydrogens is 594 g/mol. The smallest absolute Gasteiger partial charge is 0.264 e. The normalized spacial score (nSPS) is 14.2. The number of carbonyl (C=O) groups is 2. The second-order valence-corrected chi connectivity index (χ2v) is 13.1. The van der Waals surface area contributed by atoms with Crippen LogP contribution in [-0.4, -0.2) is 65.1 Å². The number of nitrogens with one attached hydrogen (secondary N) is 1. The van der Waals surface area contributed by atoms with Gasteiger partial charge in [-0.25, -0.2) is 8.42 Å². The summed E-state index contributed by atoms with van der Waals surface area (Å²) in [6.45, 7) is 3.08. The highest BCUT2D eigenvalue weighted by atomic mass is 32.2. The Kier molecular flexibility index (Phi) is 11.3. The third-order valence-corrected chi connectivity index (χ3v) is 9.96. The third kappa shape index (κ3) is 8.27. The summed E-state index contributed by atoms with van der Waals surface area (Å²) in [5.41, 5.74) is 1.87. The summed E-state index contributed by atoms with van der Waals surface area (Å²) < 4.78 is 45.4. The van der Waals surface area contributed by atoms with Crippen LogP contribution in [0.3, 0.4) is 0 Å². The van der Waals surface area contributed by atoms with Crippen LogP contribution in [0.15, 0.2) is 71.6 Å². The molecule has 45 heavy (non-hydrogen) atoms. The molecule has 0 aliphatic heterocycles. The molecule has 1 aliphatic rings. The molecule has 1 fully saturated rings. The van der Waals surface area contributed by atoms with Crippen molar-refractivity contribution in [2.24, 2.45) is 0 Å². The van der Waals surface area contributed by atoms with Gasteiger partial charge in [0.25, 0.3) is 10.0 Å². The van der Waals surface area contributed by atoms with Gasteiger partial charge in [0.1, 0.15) is 18.3 Å². The molecule has 0 radical (unpaired) electrons.